The number of nitrogens with one attached hydrogen (secondary N) is 1. The van der Waals surface area contributed by atoms with Gasteiger partial charge in [-0.1, -0.05) is 13.0 Å². The molecule has 1 amide bonds. The first-order chi connectivity index (χ1) is 12.1. The Hall–Kier alpha value is -1.15. The number of carbonyl (C=O) groups excluding carboxylic acids is 1. The largest absolute Gasteiger partial charge is 0.340 e. The number of benzene rings is 1. The topological polar surface area (TPSA) is 69.7 Å². The Morgan fingerprint density at radius 1 is 1.07 bits per heavy atom. The van der Waals surface area contributed by atoms with Crippen LogP contribution >= 0.6 is 12.4 Å². The van der Waals surface area contributed by atoms with Crippen LogP contribution in [0, 0.1) is 33.6 Å². The van der Waals surface area contributed by atoms with Gasteiger partial charge in [-0.3, -0.25) is 4.79 Å². The number of rotatable bonds is 5. The Balaban J connectivity index is 0.00000364. The van der Waals surface area contributed by atoms with Crippen molar-refractivity contribution in [1.29, 1.82) is 0 Å². The van der Waals surface area contributed by atoms with Crippen LogP contribution in [0.3, 0.4) is 0 Å². The first-order valence-corrected chi connectivity index (χ1v) is 10.6. The molecule has 27 heavy (non-hydrogen) atoms. The maximum Gasteiger partial charge on any atom is 0.243 e. The summed E-state index contributed by atoms with van der Waals surface area (Å²) in [5.74, 6) is -0.0257. The molecule has 0 spiro atoms. The van der Waals surface area contributed by atoms with E-state index in [0.717, 1.165) is 22.3 Å². The fourth-order valence-electron chi connectivity index (χ4n) is 3.55. The summed E-state index contributed by atoms with van der Waals surface area (Å²) < 4.78 is 28.0. The Morgan fingerprint density at radius 2 is 1.56 bits per heavy atom. The second kappa shape index (κ2) is 9.37. The normalized spacial score (nSPS) is 16.7. The van der Waals surface area contributed by atoms with Gasteiger partial charge in [0.05, 0.1) is 4.90 Å². The van der Waals surface area contributed by atoms with Gasteiger partial charge < -0.3 is 10.2 Å². The number of sulfonamides is 1. The molecule has 1 aromatic rings. The lowest BCUT2D eigenvalue weighted by Gasteiger charge is -2.36. The van der Waals surface area contributed by atoms with Crippen LogP contribution in [0.15, 0.2) is 11.0 Å². The molecule has 1 unspecified atom stereocenters. The van der Waals surface area contributed by atoms with Crippen LogP contribution in [0.5, 0.6) is 0 Å². The summed E-state index contributed by atoms with van der Waals surface area (Å²) in [5.41, 5.74) is 3.60. The van der Waals surface area contributed by atoms with Gasteiger partial charge in [-0.2, -0.15) is 4.31 Å². The van der Waals surface area contributed by atoms with Crippen molar-refractivity contribution in [1.82, 2.24) is 14.5 Å². The third-order valence-electron chi connectivity index (χ3n) is 5.38. The predicted molar refractivity (Wildman–Crippen MR) is 111 cm³/mol. The van der Waals surface area contributed by atoms with Crippen LogP contribution < -0.4 is 5.32 Å². The highest BCUT2D eigenvalue weighted by Crippen LogP contribution is 2.29. The highest BCUT2D eigenvalue weighted by Gasteiger charge is 2.33. The molecule has 1 saturated heterocycles. The molecule has 0 aromatic heterocycles. The van der Waals surface area contributed by atoms with E-state index in [2.05, 4.69) is 5.32 Å². The standard InChI is InChI=1S/C19H31N3O3S.ClH/c1-13-11-14(2)17(5)18(16(13)4)26(24,25)22-9-7-21(8-10-22)19(23)15(3)12-20-6;/h11,15,20H,7-10,12H2,1-6H3;1H. The molecule has 2 rings (SSSR count). The quantitative estimate of drug-likeness (QED) is 0.795. The summed E-state index contributed by atoms with van der Waals surface area (Å²) in [6.45, 7) is 11.7. The molecule has 0 bridgehead atoms. The lowest BCUT2D eigenvalue weighted by atomic mass is 10.0. The maximum absolute atomic E-state index is 13.3. The van der Waals surface area contributed by atoms with Crippen LogP contribution in [0.4, 0.5) is 0 Å². The fourth-order valence-corrected chi connectivity index (χ4v) is 5.55. The number of hydrogen-bond donors (Lipinski definition) is 1. The van der Waals surface area contributed by atoms with Gasteiger partial charge in [-0.05, 0) is 57.0 Å². The summed E-state index contributed by atoms with van der Waals surface area (Å²) >= 11 is 0. The van der Waals surface area contributed by atoms with Crippen LogP contribution in [0.25, 0.3) is 0 Å². The molecule has 154 valence electrons. The lowest BCUT2D eigenvalue weighted by molar-refractivity contribution is -0.136. The molecular formula is C19H32ClN3O3S. The van der Waals surface area contributed by atoms with E-state index in [4.69, 9.17) is 0 Å². The zero-order chi connectivity index (χ0) is 19.6. The molecule has 1 N–H and O–H groups in total. The van der Waals surface area contributed by atoms with Crippen molar-refractivity contribution in [3.05, 3.63) is 28.3 Å². The van der Waals surface area contributed by atoms with Gasteiger partial charge in [0.1, 0.15) is 0 Å². The van der Waals surface area contributed by atoms with E-state index >= 15 is 0 Å². The molecular weight excluding hydrogens is 386 g/mol. The summed E-state index contributed by atoms with van der Waals surface area (Å²) in [7, 11) is -1.74. The SMILES string of the molecule is CNCC(C)C(=O)N1CCN(S(=O)(=O)c2c(C)c(C)cc(C)c2C)CC1.Cl. The number of nitrogens with zero attached hydrogens (tertiary/aromatic N) is 2. The predicted octanol–water partition coefficient (Wildman–Crippen LogP) is 2.03. The summed E-state index contributed by atoms with van der Waals surface area (Å²) in [5, 5.41) is 3.01. The minimum atomic E-state index is -3.56. The summed E-state index contributed by atoms with van der Waals surface area (Å²) in [6, 6.07) is 2.03. The van der Waals surface area contributed by atoms with Crippen molar-refractivity contribution in [3.8, 4) is 0 Å². The van der Waals surface area contributed by atoms with Crippen molar-refractivity contribution >= 4 is 28.3 Å². The Morgan fingerprint density at radius 3 is 2.00 bits per heavy atom. The molecule has 8 heteroatoms. The third kappa shape index (κ3) is 4.83. The van der Waals surface area contributed by atoms with Crippen molar-refractivity contribution in [2.75, 3.05) is 39.8 Å². The molecule has 0 saturated carbocycles. The molecule has 1 aromatic carbocycles. The molecule has 6 nitrogen and oxygen atoms in total. The zero-order valence-electron chi connectivity index (χ0n) is 17.1. The van der Waals surface area contributed by atoms with Gasteiger partial charge in [0.25, 0.3) is 0 Å². The van der Waals surface area contributed by atoms with Crippen LogP contribution in [-0.4, -0.2) is 63.3 Å². The summed E-state index contributed by atoms with van der Waals surface area (Å²) in [6.07, 6.45) is 0. The maximum atomic E-state index is 13.3. The van der Waals surface area contributed by atoms with E-state index in [1.807, 2.05) is 47.7 Å². The molecule has 0 aliphatic carbocycles. The highest BCUT2D eigenvalue weighted by atomic mass is 35.5. The summed E-state index contributed by atoms with van der Waals surface area (Å²) in [4.78, 5) is 14.6. The fraction of sp³-hybridized carbons (Fsp3) is 0.632. The first-order valence-electron chi connectivity index (χ1n) is 9.12. The minimum Gasteiger partial charge on any atom is -0.340 e. The Bertz CT molecular complexity index is 762. The van der Waals surface area contributed by atoms with E-state index in [1.54, 1.807) is 4.90 Å². The molecule has 1 fully saturated rings. The van der Waals surface area contributed by atoms with E-state index in [1.165, 1.54) is 4.31 Å². The minimum absolute atomic E-state index is 0. The van der Waals surface area contributed by atoms with Gasteiger partial charge in [-0.15, -0.1) is 12.4 Å². The monoisotopic (exact) mass is 417 g/mol. The second-order valence-corrected chi connectivity index (χ2v) is 9.15. The first kappa shape index (κ1) is 23.9. The number of halogens is 1. The Labute approximate surface area is 169 Å². The molecule has 1 aliphatic rings. The average Bonchev–Trinajstić information content (AvgIpc) is 2.59. The van der Waals surface area contributed by atoms with E-state index in [0.29, 0.717) is 37.6 Å². The van der Waals surface area contributed by atoms with Gasteiger partial charge in [-0.25, -0.2) is 8.42 Å². The van der Waals surface area contributed by atoms with E-state index < -0.39 is 10.0 Å². The van der Waals surface area contributed by atoms with Crippen molar-refractivity contribution < 1.29 is 13.2 Å². The molecule has 1 heterocycles. The number of piperazine rings is 1. The van der Waals surface area contributed by atoms with Crippen LogP contribution in [0.2, 0.25) is 0 Å². The zero-order valence-corrected chi connectivity index (χ0v) is 18.8. The van der Waals surface area contributed by atoms with Gasteiger partial charge in [0.15, 0.2) is 0 Å². The van der Waals surface area contributed by atoms with E-state index in [-0.39, 0.29) is 24.2 Å². The highest BCUT2D eigenvalue weighted by molar-refractivity contribution is 7.89. The second-order valence-electron chi connectivity index (χ2n) is 7.28. The number of carbonyl (C=O) groups is 1. The lowest BCUT2D eigenvalue weighted by Crippen LogP contribution is -2.52. The van der Waals surface area contributed by atoms with Crippen molar-refractivity contribution in [2.24, 2.45) is 5.92 Å². The van der Waals surface area contributed by atoms with E-state index in [9.17, 15) is 13.2 Å². The van der Waals surface area contributed by atoms with Crippen LogP contribution in [-0.2, 0) is 14.8 Å². The Kier molecular flexibility index (Phi) is 8.29. The van der Waals surface area contributed by atoms with Gasteiger partial charge in [0, 0.05) is 38.6 Å². The number of aryl methyl sites for hydroxylation is 2. The van der Waals surface area contributed by atoms with Crippen molar-refractivity contribution in [2.45, 2.75) is 39.5 Å². The number of hydrogen-bond acceptors (Lipinski definition) is 4. The third-order valence-corrected chi connectivity index (χ3v) is 7.55. The average molecular weight is 418 g/mol. The molecule has 1 aliphatic heterocycles. The van der Waals surface area contributed by atoms with Gasteiger partial charge in [0.2, 0.25) is 15.9 Å². The van der Waals surface area contributed by atoms with Crippen LogP contribution in [0.1, 0.15) is 29.2 Å². The molecule has 0 radical (unpaired) electrons. The molecule has 1 atom stereocenters. The van der Waals surface area contributed by atoms with Crippen molar-refractivity contribution in [3.63, 3.8) is 0 Å². The number of amides is 1. The van der Waals surface area contributed by atoms with Gasteiger partial charge >= 0.3 is 0 Å². The smallest absolute Gasteiger partial charge is 0.243 e.